The number of hydrogen-bond donors (Lipinski definition) is 0. The molecule has 0 spiro atoms. The molecule has 0 radical (unpaired) electrons. The molecule has 21 heavy (non-hydrogen) atoms. The van der Waals surface area contributed by atoms with Crippen LogP contribution >= 0.6 is 0 Å². The maximum Gasteiger partial charge on any atom is 0.223 e. The van der Waals surface area contributed by atoms with Crippen LogP contribution in [0.25, 0.3) is 0 Å². The van der Waals surface area contributed by atoms with E-state index in [0.717, 1.165) is 11.8 Å². The van der Waals surface area contributed by atoms with E-state index in [2.05, 4.69) is 4.98 Å². The Labute approximate surface area is 126 Å². The summed E-state index contributed by atoms with van der Waals surface area (Å²) >= 11 is 0. The van der Waals surface area contributed by atoms with Crippen LogP contribution in [0.4, 0.5) is 0 Å². The van der Waals surface area contributed by atoms with E-state index in [4.69, 9.17) is 0 Å². The summed E-state index contributed by atoms with van der Waals surface area (Å²) in [6.45, 7) is 5.51. The SMILES string of the molecule is CCN(CC)C(=O)CCN(Cc1cccnc1)S(C)(=O)=O. The highest BCUT2D eigenvalue weighted by molar-refractivity contribution is 7.88. The van der Waals surface area contributed by atoms with Crippen LogP contribution in [0.15, 0.2) is 24.5 Å². The molecule has 1 aromatic heterocycles. The second-order valence-electron chi connectivity index (χ2n) is 4.77. The van der Waals surface area contributed by atoms with E-state index in [9.17, 15) is 13.2 Å². The molecule has 1 rings (SSSR count). The zero-order chi connectivity index (χ0) is 15.9. The van der Waals surface area contributed by atoms with Gasteiger partial charge in [0.1, 0.15) is 0 Å². The van der Waals surface area contributed by atoms with Crippen molar-refractivity contribution < 1.29 is 13.2 Å². The summed E-state index contributed by atoms with van der Waals surface area (Å²) in [4.78, 5) is 17.7. The number of hydrogen-bond acceptors (Lipinski definition) is 4. The minimum absolute atomic E-state index is 0.0279. The molecule has 0 aliphatic rings. The van der Waals surface area contributed by atoms with Crippen LogP contribution < -0.4 is 0 Å². The van der Waals surface area contributed by atoms with Crippen LogP contribution in [0.1, 0.15) is 25.8 Å². The summed E-state index contributed by atoms with van der Waals surface area (Å²) in [7, 11) is -3.36. The molecule has 0 atom stereocenters. The molecule has 0 fully saturated rings. The topological polar surface area (TPSA) is 70.6 Å². The van der Waals surface area contributed by atoms with Gasteiger partial charge in [0, 0.05) is 45.0 Å². The Kier molecular flexibility index (Phi) is 6.77. The van der Waals surface area contributed by atoms with Crippen LogP contribution in [-0.4, -0.2) is 54.4 Å². The predicted molar refractivity (Wildman–Crippen MR) is 82.0 cm³/mol. The van der Waals surface area contributed by atoms with E-state index >= 15 is 0 Å². The fourth-order valence-electron chi connectivity index (χ4n) is 2.01. The standard InChI is InChI=1S/C14H23N3O3S/c1-4-16(5-2)14(18)8-10-17(21(3,19)20)12-13-7-6-9-15-11-13/h6-7,9,11H,4-5,8,10,12H2,1-3H3. The fraction of sp³-hybridized carbons (Fsp3) is 0.571. The number of carbonyl (C=O) groups is 1. The maximum absolute atomic E-state index is 12.0. The molecule has 1 amide bonds. The lowest BCUT2D eigenvalue weighted by Gasteiger charge is -2.23. The van der Waals surface area contributed by atoms with Crippen molar-refractivity contribution >= 4 is 15.9 Å². The number of nitrogens with zero attached hydrogens (tertiary/aromatic N) is 3. The van der Waals surface area contributed by atoms with Gasteiger partial charge in [0.05, 0.1) is 6.26 Å². The third-order valence-corrected chi connectivity index (χ3v) is 4.49. The quantitative estimate of drug-likeness (QED) is 0.720. The first-order valence-corrected chi connectivity index (χ1v) is 8.85. The summed E-state index contributed by atoms with van der Waals surface area (Å²) < 4.78 is 25.0. The molecule has 0 aliphatic heterocycles. The van der Waals surface area contributed by atoms with Crippen molar-refractivity contribution in [3.05, 3.63) is 30.1 Å². The highest BCUT2D eigenvalue weighted by Crippen LogP contribution is 2.09. The van der Waals surface area contributed by atoms with Crippen LogP contribution in [0.5, 0.6) is 0 Å². The van der Waals surface area contributed by atoms with E-state index in [-0.39, 0.29) is 25.4 Å². The lowest BCUT2D eigenvalue weighted by Crippen LogP contribution is -2.36. The summed E-state index contributed by atoms with van der Waals surface area (Å²) in [6.07, 6.45) is 4.61. The molecular weight excluding hydrogens is 290 g/mol. The molecule has 6 nitrogen and oxygen atoms in total. The van der Waals surface area contributed by atoms with Gasteiger partial charge in [0.25, 0.3) is 0 Å². The Balaban J connectivity index is 2.70. The van der Waals surface area contributed by atoms with Crippen molar-refractivity contribution in [2.24, 2.45) is 0 Å². The normalized spacial score (nSPS) is 11.6. The minimum Gasteiger partial charge on any atom is -0.343 e. The zero-order valence-electron chi connectivity index (χ0n) is 12.8. The van der Waals surface area contributed by atoms with Gasteiger partial charge >= 0.3 is 0 Å². The number of carbonyl (C=O) groups excluding carboxylic acids is 1. The molecule has 1 aromatic rings. The van der Waals surface area contributed by atoms with Crippen molar-refractivity contribution in [3.63, 3.8) is 0 Å². The molecular formula is C14H23N3O3S. The molecule has 0 aliphatic carbocycles. The molecule has 0 N–H and O–H groups in total. The highest BCUT2D eigenvalue weighted by atomic mass is 32.2. The number of amides is 1. The highest BCUT2D eigenvalue weighted by Gasteiger charge is 2.19. The first kappa shape index (κ1) is 17.6. The second-order valence-corrected chi connectivity index (χ2v) is 6.76. The van der Waals surface area contributed by atoms with E-state index in [1.54, 1.807) is 23.4 Å². The van der Waals surface area contributed by atoms with Gasteiger partial charge in [-0.3, -0.25) is 9.78 Å². The monoisotopic (exact) mass is 313 g/mol. The molecule has 0 unspecified atom stereocenters. The van der Waals surface area contributed by atoms with Crippen molar-refractivity contribution in [3.8, 4) is 0 Å². The lowest BCUT2D eigenvalue weighted by atomic mass is 10.3. The van der Waals surface area contributed by atoms with Crippen molar-refractivity contribution in [2.75, 3.05) is 25.9 Å². The Bertz CT molecular complexity index is 542. The average Bonchev–Trinajstić information content (AvgIpc) is 2.44. The van der Waals surface area contributed by atoms with Gasteiger partial charge in [-0.25, -0.2) is 8.42 Å². The second kappa shape index (κ2) is 8.09. The predicted octanol–water partition coefficient (Wildman–Crippen LogP) is 1.10. The van der Waals surface area contributed by atoms with Crippen molar-refractivity contribution in [1.29, 1.82) is 0 Å². The third kappa shape index (κ3) is 5.81. The van der Waals surface area contributed by atoms with Crippen LogP contribution in [0.2, 0.25) is 0 Å². The number of rotatable bonds is 8. The smallest absolute Gasteiger partial charge is 0.223 e. The molecule has 0 bridgehead atoms. The summed E-state index contributed by atoms with van der Waals surface area (Å²) in [5.41, 5.74) is 0.804. The Hall–Kier alpha value is -1.47. The first-order valence-electron chi connectivity index (χ1n) is 7.00. The van der Waals surface area contributed by atoms with Gasteiger partial charge in [-0.15, -0.1) is 0 Å². The molecule has 0 aromatic carbocycles. The number of aromatic nitrogens is 1. The van der Waals surface area contributed by atoms with Crippen LogP contribution in [0.3, 0.4) is 0 Å². The van der Waals surface area contributed by atoms with Gasteiger partial charge in [-0.1, -0.05) is 6.07 Å². The summed E-state index contributed by atoms with van der Waals surface area (Å²) in [6, 6.07) is 3.58. The molecule has 0 saturated heterocycles. The van der Waals surface area contributed by atoms with Crippen molar-refractivity contribution in [2.45, 2.75) is 26.8 Å². The number of pyridine rings is 1. The number of sulfonamides is 1. The molecule has 7 heteroatoms. The summed E-state index contributed by atoms with van der Waals surface area (Å²) in [5.74, 6) is -0.0279. The Morgan fingerprint density at radius 1 is 1.29 bits per heavy atom. The zero-order valence-corrected chi connectivity index (χ0v) is 13.6. The van der Waals surface area contributed by atoms with Crippen LogP contribution in [-0.2, 0) is 21.4 Å². The lowest BCUT2D eigenvalue weighted by molar-refractivity contribution is -0.130. The van der Waals surface area contributed by atoms with E-state index < -0.39 is 10.0 Å². The molecule has 1 heterocycles. The van der Waals surface area contributed by atoms with Gasteiger partial charge in [0.15, 0.2) is 0 Å². The summed E-state index contributed by atoms with van der Waals surface area (Å²) in [5, 5.41) is 0. The first-order chi connectivity index (χ1) is 9.88. The molecule has 0 saturated carbocycles. The van der Waals surface area contributed by atoms with Gasteiger partial charge in [-0.2, -0.15) is 4.31 Å². The van der Waals surface area contributed by atoms with E-state index in [1.165, 1.54) is 4.31 Å². The van der Waals surface area contributed by atoms with E-state index in [0.29, 0.717) is 13.1 Å². The Morgan fingerprint density at radius 2 is 1.95 bits per heavy atom. The largest absolute Gasteiger partial charge is 0.343 e. The van der Waals surface area contributed by atoms with Crippen molar-refractivity contribution in [1.82, 2.24) is 14.2 Å². The van der Waals surface area contributed by atoms with Crippen LogP contribution in [0, 0.1) is 0 Å². The minimum atomic E-state index is -3.36. The molecule has 118 valence electrons. The van der Waals surface area contributed by atoms with Gasteiger partial charge < -0.3 is 4.90 Å². The Morgan fingerprint density at radius 3 is 2.43 bits per heavy atom. The fourth-order valence-corrected chi connectivity index (χ4v) is 2.82. The average molecular weight is 313 g/mol. The van der Waals surface area contributed by atoms with E-state index in [1.807, 2.05) is 19.9 Å². The van der Waals surface area contributed by atoms with Gasteiger partial charge in [0.2, 0.25) is 15.9 Å². The van der Waals surface area contributed by atoms with Gasteiger partial charge in [-0.05, 0) is 25.5 Å². The third-order valence-electron chi connectivity index (χ3n) is 3.24. The maximum atomic E-state index is 12.0.